The van der Waals surface area contributed by atoms with Crippen molar-refractivity contribution < 1.29 is 9.59 Å². The highest BCUT2D eigenvalue weighted by Crippen LogP contribution is 2.62. The average Bonchev–Trinajstić information content (AvgIpc) is 3.03. The lowest BCUT2D eigenvalue weighted by atomic mass is 9.51. The third kappa shape index (κ3) is 2.15. The van der Waals surface area contributed by atoms with E-state index in [1.54, 1.807) is 0 Å². The van der Waals surface area contributed by atoms with Gasteiger partial charge in [-0.3, -0.25) is 14.5 Å². The van der Waals surface area contributed by atoms with Crippen LogP contribution in [-0.4, -0.2) is 16.7 Å². The minimum atomic E-state index is -0.905. The third-order valence-corrected chi connectivity index (χ3v) is 7.07. The van der Waals surface area contributed by atoms with Crippen molar-refractivity contribution in [1.29, 1.82) is 0 Å². The monoisotopic (exact) mass is 391 g/mol. The lowest BCUT2D eigenvalue weighted by Gasteiger charge is -2.48. The van der Waals surface area contributed by atoms with Gasteiger partial charge in [-0.05, 0) is 22.3 Å². The number of allylic oxidation sites excluding steroid dienone is 1. The molecule has 0 unspecified atom stereocenters. The Morgan fingerprint density at radius 3 is 2.23 bits per heavy atom. The molecule has 3 nitrogen and oxygen atoms in total. The Morgan fingerprint density at radius 1 is 0.800 bits per heavy atom. The summed E-state index contributed by atoms with van der Waals surface area (Å²) < 4.78 is 0. The number of hydrogen-bond acceptors (Lipinski definition) is 2. The van der Waals surface area contributed by atoms with Crippen molar-refractivity contribution in [3.8, 4) is 0 Å². The number of imide groups is 1. The van der Waals surface area contributed by atoms with Gasteiger partial charge in [0, 0.05) is 11.8 Å². The molecule has 146 valence electrons. The molecular weight excluding hydrogens is 370 g/mol. The SMILES string of the molecule is O=C1[C@@H]2[C@@H](c3ccccc3)[C@@H]3C=C[C@@]2(C(=O)N1Cc1ccccc1)c1ccccc13. The average molecular weight is 391 g/mol. The zero-order chi connectivity index (χ0) is 20.3. The zero-order valence-electron chi connectivity index (χ0n) is 16.4. The van der Waals surface area contributed by atoms with Crippen LogP contribution in [0.4, 0.5) is 0 Å². The first-order valence-electron chi connectivity index (χ1n) is 10.5. The molecular formula is C27H21NO2. The summed E-state index contributed by atoms with van der Waals surface area (Å²) in [5, 5.41) is 0. The van der Waals surface area contributed by atoms with E-state index in [1.165, 1.54) is 10.5 Å². The molecule has 30 heavy (non-hydrogen) atoms. The second-order valence-electron chi connectivity index (χ2n) is 8.47. The smallest absolute Gasteiger partial charge is 0.244 e. The number of hydrogen-bond donors (Lipinski definition) is 0. The van der Waals surface area contributed by atoms with Gasteiger partial charge >= 0.3 is 0 Å². The molecule has 7 rings (SSSR count). The van der Waals surface area contributed by atoms with Crippen molar-refractivity contribution in [2.75, 3.05) is 0 Å². The Bertz CT molecular complexity index is 1180. The Hall–Kier alpha value is -3.46. The van der Waals surface area contributed by atoms with E-state index in [0.29, 0.717) is 6.54 Å². The van der Waals surface area contributed by atoms with Gasteiger partial charge in [0.25, 0.3) is 0 Å². The predicted octanol–water partition coefficient (Wildman–Crippen LogP) is 4.56. The standard InChI is InChI=1S/C27H21NO2/c29-25-24-23(19-11-5-2-6-12-19)21-15-16-27(24,22-14-8-7-13-20(21)22)26(30)28(25)17-18-9-3-1-4-10-18/h1-16,21,23-24H,17H2/t21-,23+,24+,27-/m1/s1. The van der Waals surface area contributed by atoms with E-state index < -0.39 is 11.3 Å². The number of carbonyl (C=O) groups excluding carboxylic acids is 2. The third-order valence-electron chi connectivity index (χ3n) is 7.07. The van der Waals surface area contributed by atoms with Crippen molar-refractivity contribution in [2.45, 2.75) is 23.8 Å². The van der Waals surface area contributed by atoms with Crippen molar-refractivity contribution in [3.63, 3.8) is 0 Å². The van der Waals surface area contributed by atoms with Crippen molar-refractivity contribution in [3.05, 3.63) is 119 Å². The van der Waals surface area contributed by atoms with Gasteiger partial charge in [0.05, 0.1) is 12.5 Å². The molecule has 1 fully saturated rings. The van der Waals surface area contributed by atoms with Crippen molar-refractivity contribution in [2.24, 2.45) is 5.92 Å². The second-order valence-corrected chi connectivity index (χ2v) is 8.47. The highest BCUT2D eigenvalue weighted by atomic mass is 16.2. The summed E-state index contributed by atoms with van der Waals surface area (Å²) in [6.07, 6.45) is 4.18. The number of carbonyl (C=O) groups is 2. The van der Waals surface area contributed by atoms with Gasteiger partial charge in [-0.1, -0.05) is 97.1 Å². The van der Waals surface area contributed by atoms with Gasteiger partial charge in [0.2, 0.25) is 11.8 Å². The fraction of sp³-hybridized carbons (Fsp3) is 0.185. The number of nitrogens with zero attached hydrogens (tertiary/aromatic N) is 1. The Balaban J connectivity index is 1.55. The quantitative estimate of drug-likeness (QED) is 0.485. The summed E-state index contributed by atoms with van der Waals surface area (Å²) in [4.78, 5) is 29.2. The van der Waals surface area contributed by atoms with E-state index in [9.17, 15) is 9.59 Å². The minimum absolute atomic E-state index is 0.0386. The maximum atomic E-state index is 13.9. The molecule has 3 aliphatic carbocycles. The number of rotatable bonds is 3. The van der Waals surface area contributed by atoms with Gasteiger partial charge < -0.3 is 0 Å². The molecule has 0 N–H and O–H groups in total. The van der Waals surface area contributed by atoms with Gasteiger partial charge in [-0.2, -0.15) is 0 Å². The maximum absolute atomic E-state index is 13.9. The summed E-state index contributed by atoms with van der Waals surface area (Å²) in [5.74, 6) is -0.487. The number of amides is 2. The van der Waals surface area contributed by atoms with E-state index in [0.717, 1.165) is 16.7 Å². The fourth-order valence-electron chi connectivity index (χ4n) is 5.84. The molecule has 1 aliphatic heterocycles. The molecule has 4 atom stereocenters. The first kappa shape index (κ1) is 17.4. The van der Waals surface area contributed by atoms with Crippen LogP contribution in [0.15, 0.2) is 97.1 Å². The molecule has 3 aromatic carbocycles. The van der Waals surface area contributed by atoms with Crippen LogP contribution in [-0.2, 0) is 21.5 Å². The molecule has 1 heterocycles. The molecule has 4 aliphatic rings. The van der Waals surface area contributed by atoms with Crippen LogP contribution < -0.4 is 0 Å². The normalized spacial score (nSPS) is 28.5. The van der Waals surface area contributed by atoms with E-state index >= 15 is 0 Å². The van der Waals surface area contributed by atoms with Gasteiger partial charge in [-0.15, -0.1) is 0 Å². The zero-order valence-corrected chi connectivity index (χ0v) is 16.4. The molecule has 0 saturated carbocycles. The predicted molar refractivity (Wildman–Crippen MR) is 115 cm³/mol. The molecule has 0 radical (unpaired) electrons. The van der Waals surface area contributed by atoms with Crippen LogP contribution in [0, 0.1) is 5.92 Å². The molecule has 2 bridgehead atoms. The Kier molecular flexibility index (Phi) is 3.64. The van der Waals surface area contributed by atoms with Crippen LogP contribution >= 0.6 is 0 Å². The van der Waals surface area contributed by atoms with Crippen LogP contribution in [0.25, 0.3) is 0 Å². The first-order chi connectivity index (χ1) is 14.7. The first-order valence-corrected chi connectivity index (χ1v) is 10.5. The molecule has 2 amide bonds. The second kappa shape index (κ2) is 6.27. The highest BCUT2D eigenvalue weighted by Gasteiger charge is 2.67. The van der Waals surface area contributed by atoms with Gasteiger partial charge in [0.1, 0.15) is 5.41 Å². The van der Waals surface area contributed by atoms with Crippen LogP contribution in [0.1, 0.15) is 34.1 Å². The molecule has 1 spiro atoms. The lowest BCUT2D eigenvalue weighted by Crippen LogP contribution is -2.49. The van der Waals surface area contributed by atoms with Crippen molar-refractivity contribution in [1.82, 2.24) is 4.90 Å². The Morgan fingerprint density at radius 2 is 1.47 bits per heavy atom. The number of likely N-dealkylation sites (tertiary alicyclic amines) is 1. The Labute approximate surface area is 175 Å². The summed E-state index contributed by atoms with van der Waals surface area (Å²) in [6.45, 7) is 0.318. The van der Waals surface area contributed by atoms with Crippen LogP contribution in [0.2, 0.25) is 0 Å². The van der Waals surface area contributed by atoms with E-state index in [1.807, 2.05) is 72.8 Å². The highest BCUT2D eigenvalue weighted by molar-refractivity contribution is 6.13. The van der Waals surface area contributed by atoms with E-state index in [-0.39, 0.29) is 23.7 Å². The number of benzene rings is 3. The largest absolute Gasteiger partial charge is 0.277 e. The summed E-state index contributed by atoms with van der Waals surface area (Å²) in [7, 11) is 0. The summed E-state index contributed by atoms with van der Waals surface area (Å²) >= 11 is 0. The van der Waals surface area contributed by atoms with Crippen LogP contribution in [0.5, 0.6) is 0 Å². The summed E-state index contributed by atoms with van der Waals surface area (Å²) in [5.41, 5.74) is 3.37. The topological polar surface area (TPSA) is 37.4 Å². The van der Waals surface area contributed by atoms with E-state index in [4.69, 9.17) is 0 Å². The molecule has 1 saturated heterocycles. The lowest BCUT2D eigenvalue weighted by molar-refractivity contribution is -0.140. The summed E-state index contributed by atoms with van der Waals surface area (Å²) in [6, 6.07) is 28.1. The maximum Gasteiger partial charge on any atom is 0.244 e. The minimum Gasteiger partial charge on any atom is -0.277 e. The van der Waals surface area contributed by atoms with Crippen molar-refractivity contribution >= 4 is 11.8 Å². The van der Waals surface area contributed by atoms with Gasteiger partial charge in [-0.25, -0.2) is 0 Å². The molecule has 0 aromatic heterocycles. The van der Waals surface area contributed by atoms with E-state index in [2.05, 4.69) is 24.3 Å². The molecule has 3 aromatic rings. The van der Waals surface area contributed by atoms with Crippen LogP contribution in [0.3, 0.4) is 0 Å². The molecule has 3 heteroatoms. The van der Waals surface area contributed by atoms with Gasteiger partial charge in [0.15, 0.2) is 0 Å². The fourth-order valence-corrected chi connectivity index (χ4v) is 5.84.